The highest BCUT2D eigenvalue weighted by Crippen LogP contribution is 2.30. The zero-order valence-corrected chi connectivity index (χ0v) is 17.2. The molecule has 30 heavy (non-hydrogen) atoms. The van der Waals surface area contributed by atoms with Crippen LogP contribution in [0.5, 0.6) is 0 Å². The molecule has 2 aromatic heterocycles. The van der Waals surface area contributed by atoms with Crippen LogP contribution in [0.3, 0.4) is 0 Å². The molecule has 2 aromatic carbocycles. The van der Waals surface area contributed by atoms with Crippen molar-refractivity contribution in [2.75, 3.05) is 0 Å². The number of para-hydroxylation sites is 1. The number of nitro benzene ring substituents is 1. The molecule has 0 aliphatic carbocycles. The van der Waals surface area contributed by atoms with Gasteiger partial charge in [0.1, 0.15) is 16.2 Å². The van der Waals surface area contributed by atoms with E-state index >= 15 is 0 Å². The number of thiazole rings is 1. The molecule has 0 N–H and O–H groups in total. The molecule has 6 nitrogen and oxygen atoms in total. The molecule has 0 aliphatic rings. The number of allylic oxidation sites excluding steroid dienone is 1. The maximum absolute atomic E-state index is 10.8. The number of aryl methyl sites for hydroxylation is 1. The van der Waals surface area contributed by atoms with Gasteiger partial charge in [0, 0.05) is 34.0 Å². The SMILES string of the molecule is Cc1cccc2cc(C=C(C#N)c3nc(-c4ccc([N+](=O)[O-])cc4)cs3)c(Cl)nc12. The van der Waals surface area contributed by atoms with E-state index in [9.17, 15) is 15.4 Å². The molecule has 146 valence electrons. The average molecular weight is 433 g/mol. The van der Waals surface area contributed by atoms with Crippen LogP contribution in [0.15, 0.2) is 53.9 Å². The third kappa shape index (κ3) is 3.79. The molecule has 0 fully saturated rings. The summed E-state index contributed by atoms with van der Waals surface area (Å²) in [7, 11) is 0. The minimum absolute atomic E-state index is 0.0143. The highest BCUT2D eigenvalue weighted by Gasteiger charge is 2.13. The Morgan fingerprint density at radius 2 is 2.00 bits per heavy atom. The van der Waals surface area contributed by atoms with E-state index in [1.54, 1.807) is 18.2 Å². The summed E-state index contributed by atoms with van der Waals surface area (Å²) in [5.74, 6) is 0. The Kier molecular flexibility index (Phi) is 5.27. The zero-order chi connectivity index (χ0) is 21.3. The van der Waals surface area contributed by atoms with E-state index in [4.69, 9.17) is 11.6 Å². The smallest absolute Gasteiger partial charge is 0.258 e. The van der Waals surface area contributed by atoms with Crippen LogP contribution in [-0.4, -0.2) is 14.9 Å². The highest BCUT2D eigenvalue weighted by molar-refractivity contribution is 7.11. The van der Waals surface area contributed by atoms with Crippen molar-refractivity contribution < 1.29 is 4.92 Å². The number of hydrogen-bond acceptors (Lipinski definition) is 6. The molecule has 0 spiro atoms. The van der Waals surface area contributed by atoms with Crippen molar-refractivity contribution in [1.29, 1.82) is 5.26 Å². The maximum Gasteiger partial charge on any atom is 0.269 e. The van der Waals surface area contributed by atoms with Gasteiger partial charge >= 0.3 is 0 Å². The van der Waals surface area contributed by atoms with E-state index in [0.717, 1.165) is 22.0 Å². The van der Waals surface area contributed by atoms with Gasteiger partial charge in [-0.25, -0.2) is 9.97 Å². The largest absolute Gasteiger partial charge is 0.269 e. The lowest BCUT2D eigenvalue weighted by Gasteiger charge is -2.05. The first kappa shape index (κ1) is 19.7. The van der Waals surface area contributed by atoms with E-state index in [1.165, 1.54) is 23.5 Å². The Morgan fingerprint density at radius 1 is 1.23 bits per heavy atom. The number of pyridine rings is 1. The van der Waals surface area contributed by atoms with Gasteiger partial charge in [0.2, 0.25) is 0 Å². The third-order valence-electron chi connectivity index (χ3n) is 4.56. The van der Waals surface area contributed by atoms with Gasteiger partial charge in [-0.3, -0.25) is 10.1 Å². The molecule has 0 bridgehead atoms. The summed E-state index contributed by atoms with van der Waals surface area (Å²) in [5, 5.41) is 24.1. The fourth-order valence-electron chi connectivity index (χ4n) is 3.02. The van der Waals surface area contributed by atoms with Gasteiger partial charge in [0.05, 0.1) is 21.7 Å². The number of benzene rings is 2. The van der Waals surface area contributed by atoms with Crippen LogP contribution in [0.1, 0.15) is 16.1 Å². The maximum atomic E-state index is 10.8. The number of nitrogens with zero attached hydrogens (tertiary/aromatic N) is 4. The molecule has 2 heterocycles. The van der Waals surface area contributed by atoms with Gasteiger partial charge in [-0.05, 0) is 36.8 Å². The fraction of sp³-hybridized carbons (Fsp3) is 0.0455. The summed E-state index contributed by atoms with van der Waals surface area (Å²) < 4.78 is 0. The van der Waals surface area contributed by atoms with Crippen molar-refractivity contribution in [2.45, 2.75) is 6.92 Å². The van der Waals surface area contributed by atoms with Crippen LogP contribution in [0.2, 0.25) is 5.15 Å². The number of halogens is 1. The molecule has 0 aliphatic heterocycles. The second-order valence-electron chi connectivity index (χ2n) is 6.53. The van der Waals surface area contributed by atoms with Crippen LogP contribution in [0.4, 0.5) is 5.69 Å². The number of nitro groups is 1. The highest BCUT2D eigenvalue weighted by atomic mass is 35.5. The zero-order valence-electron chi connectivity index (χ0n) is 15.7. The molecule has 0 saturated carbocycles. The number of hydrogen-bond donors (Lipinski definition) is 0. The minimum Gasteiger partial charge on any atom is -0.258 e. The van der Waals surface area contributed by atoms with Crippen LogP contribution in [0.25, 0.3) is 33.8 Å². The van der Waals surface area contributed by atoms with Crippen LogP contribution in [0, 0.1) is 28.4 Å². The Bertz CT molecular complexity index is 1350. The van der Waals surface area contributed by atoms with Crippen LogP contribution in [-0.2, 0) is 0 Å². The topological polar surface area (TPSA) is 92.7 Å². The summed E-state index contributed by atoms with van der Waals surface area (Å²) in [6.07, 6.45) is 1.68. The number of non-ortho nitro benzene ring substituents is 1. The first-order valence-electron chi connectivity index (χ1n) is 8.84. The summed E-state index contributed by atoms with van der Waals surface area (Å²) in [6, 6.07) is 16.1. The second kappa shape index (κ2) is 8.03. The van der Waals surface area contributed by atoms with E-state index in [-0.39, 0.29) is 5.69 Å². The minimum atomic E-state index is -0.449. The van der Waals surface area contributed by atoms with Crippen LogP contribution < -0.4 is 0 Å². The van der Waals surface area contributed by atoms with E-state index in [1.807, 2.05) is 36.6 Å². The summed E-state index contributed by atoms with van der Waals surface area (Å²) in [6.45, 7) is 1.97. The van der Waals surface area contributed by atoms with E-state index in [0.29, 0.717) is 27.0 Å². The monoisotopic (exact) mass is 432 g/mol. The van der Waals surface area contributed by atoms with Crippen molar-refractivity contribution in [2.24, 2.45) is 0 Å². The Morgan fingerprint density at radius 3 is 2.70 bits per heavy atom. The normalized spacial score (nSPS) is 11.4. The Labute approximate surface area is 180 Å². The molecule has 0 unspecified atom stereocenters. The van der Waals surface area contributed by atoms with Gasteiger partial charge in [0.15, 0.2) is 0 Å². The third-order valence-corrected chi connectivity index (χ3v) is 5.74. The molecule has 4 aromatic rings. The molecule has 4 rings (SSSR count). The molecule has 0 saturated heterocycles. The first-order valence-corrected chi connectivity index (χ1v) is 10.1. The lowest BCUT2D eigenvalue weighted by Crippen LogP contribution is -1.89. The summed E-state index contributed by atoms with van der Waals surface area (Å²) >= 11 is 7.69. The van der Waals surface area contributed by atoms with Crippen molar-refractivity contribution in [3.05, 3.63) is 85.3 Å². The molecule has 0 radical (unpaired) electrons. The van der Waals surface area contributed by atoms with Crippen molar-refractivity contribution >= 4 is 51.2 Å². The fourth-order valence-corrected chi connectivity index (χ4v) is 4.01. The van der Waals surface area contributed by atoms with Gasteiger partial charge in [0.25, 0.3) is 5.69 Å². The van der Waals surface area contributed by atoms with Gasteiger partial charge in [-0.15, -0.1) is 11.3 Å². The van der Waals surface area contributed by atoms with Crippen molar-refractivity contribution in [3.8, 4) is 17.3 Å². The molecular formula is C22H13ClN4O2S. The summed E-state index contributed by atoms with van der Waals surface area (Å²) in [5.41, 5.74) is 4.25. The number of aromatic nitrogens is 2. The van der Waals surface area contributed by atoms with Crippen molar-refractivity contribution in [3.63, 3.8) is 0 Å². The average Bonchev–Trinajstić information content (AvgIpc) is 3.23. The molecule has 0 amide bonds. The predicted molar refractivity (Wildman–Crippen MR) is 119 cm³/mol. The second-order valence-corrected chi connectivity index (χ2v) is 7.74. The van der Waals surface area contributed by atoms with E-state index in [2.05, 4.69) is 16.0 Å². The standard InChI is InChI=1S/C22H13ClN4O2S/c1-13-3-2-4-15-9-16(21(23)26-20(13)15)10-17(11-24)22-25-19(12-30-22)14-5-7-18(8-6-14)27(28)29/h2-10,12H,1H3. The molecule has 0 atom stereocenters. The molecule has 8 heteroatoms. The lowest BCUT2D eigenvalue weighted by atomic mass is 10.1. The predicted octanol–water partition coefficient (Wildman–Crippen LogP) is 6.29. The summed E-state index contributed by atoms with van der Waals surface area (Å²) in [4.78, 5) is 19.4. The van der Waals surface area contributed by atoms with Crippen LogP contribution >= 0.6 is 22.9 Å². The first-order chi connectivity index (χ1) is 14.5. The quantitative estimate of drug-likeness (QED) is 0.163. The number of rotatable bonds is 4. The molecular weight excluding hydrogens is 420 g/mol. The van der Waals surface area contributed by atoms with Gasteiger partial charge < -0.3 is 0 Å². The van der Waals surface area contributed by atoms with E-state index < -0.39 is 4.92 Å². The lowest BCUT2D eigenvalue weighted by molar-refractivity contribution is -0.384. The number of fused-ring (bicyclic) bond motifs is 1. The Balaban J connectivity index is 1.71. The Hall–Kier alpha value is -3.60. The van der Waals surface area contributed by atoms with Gasteiger partial charge in [-0.1, -0.05) is 29.8 Å². The number of nitriles is 1. The van der Waals surface area contributed by atoms with Gasteiger partial charge in [-0.2, -0.15) is 5.26 Å². The van der Waals surface area contributed by atoms with Crippen molar-refractivity contribution in [1.82, 2.24) is 9.97 Å².